The zero-order valence-electron chi connectivity index (χ0n) is 21.7. The first-order chi connectivity index (χ1) is 17.6. The van der Waals surface area contributed by atoms with Gasteiger partial charge in [-0.05, 0) is 70.4 Å². The van der Waals surface area contributed by atoms with E-state index in [2.05, 4.69) is 0 Å². The van der Waals surface area contributed by atoms with E-state index in [-0.39, 0.29) is 12.0 Å². The second kappa shape index (κ2) is 9.86. The number of morpholine rings is 1. The lowest BCUT2D eigenvalue weighted by Crippen LogP contribution is -2.55. The molecule has 0 unspecified atom stereocenters. The Balaban J connectivity index is 1.74. The normalized spacial score (nSPS) is 16.4. The van der Waals surface area contributed by atoms with Gasteiger partial charge in [-0.1, -0.05) is 23.2 Å². The summed E-state index contributed by atoms with van der Waals surface area (Å²) in [7, 11) is 1.64. The lowest BCUT2D eigenvalue weighted by atomic mass is 9.98. The molecule has 2 aliphatic rings. The van der Waals surface area contributed by atoms with Crippen molar-refractivity contribution in [3.63, 3.8) is 0 Å². The SMILES string of the molecule is COc1cc2c(cc1OC(C)C)-n1c(-c3cc(Cl)cc(Cl)c3)nc(C(=O)N3CCOCC3(C)C)c1CC2. The topological polar surface area (TPSA) is 65.8 Å². The molecular weight excluding hydrogens is 513 g/mol. The fourth-order valence-electron chi connectivity index (χ4n) is 5.11. The molecule has 9 heteroatoms. The quantitative estimate of drug-likeness (QED) is 0.395. The van der Waals surface area contributed by atoms with E-state index in [1.165, 1.54) is 0 Å². The summed E-state index contributed by atoms with van der Waals surface area (Å²) < 4.78 is 19.4. The number of imidazole rings is 1. The summed E-state index contributed by atoms with van der Waals surface area (Å²) in [4.78, 5) is 20.8. The van der Waals surface area contributed by atoms with Crippen molar-refractivity contribution in [1.29, 1.82) is 0 Å². The minimum absolute atomic E-state index is 0.0373. The van der Waals surface area contributed by atoms with E-state index in [0.29, 0.717) is 59.2 Å². The lowest BCUT2D eigenvalue weighted by Gasteiger charge is -2.41. The second-order valence-electron chi connectivity index (χ2n) is 10.3. The van der Waals surface area contributed by atoms with Crippen molar-refractivity contribution >= 4 is 29.1 Å². The van der Waals surface area contributed by atoms with Gasteiger partial charge >= 0.3 is 0 Å². The van der Waals surface area contributed by atoms with E-state index < -0.39 is 5.54 Å². The van der Waals surface area contributed by atoms with Crippen molar-refractivity contribution < 1.29 is 19.0 Å². The number of carbonyl (C=O) groups excluding carboxylic acids is 1. The Morgan fingerprint density at radius 1 is 1.08 bits per heavy atom. The predicted octanol–water partition coefficient (Wildman–Crippen LogP) is 5.99. The highest BCUT2D eigenvalue weighted by Crippen LogP contribution is 2.41. The number of nitrogens with zero attached hydrogens (tertiary/aromatic N) is 3. The third kappa shape index (κ3) is 4.80. The molecule has 0 spiro atoms. The maximum Gasteiger partial charge on any atom is 0.274 e. The minimum atomic E-state index is -0.441. The average Bonchev–Trinajstić information content (AvgIpc) is 3.22. The maximum absolute atomic E-state index is 14.0. The number of benzene rings is 2. The Bertz CT molecular complexity index is 1350. The third-order valence-corrected chi connectivity index (χ3v) is 7.22. The molecule has 7 nitrogen and oxygen atoms in total. The minimum Gasteiger partial charge on any atom is -0.493 e. The van der Waals surface area contributed by atoms with Gasteiger partial charge in [-0.2, -0.15) is 0 Å². The van der Waals surface area contributed by atoms with Crippen molar-refractivity contribution in [2.45, 2.75) is 52.2 Å². The molecule has 0 saturated carbocycles. The van der Waals surface area contributed by atoms with Crippen LogP contribution in [-0.2, 0) is 17.6 Å². The van der Waals surface area contributed by atoms with Crippen LogP contribution in [0.1, 0.15) is 49.4 Å². The Kier molecular flexibility index (Phi) is 6.90. The van der Waals surface area contributed by atoms with Gasteiger partial charge in [-0.3, -0.25) is 9.36 Å². The molecule has 2 aliphatic heterocycles. The lowest BCUT2D eigenvalue weighted by molar-refractivity contribution is -0.0373. The highest BCUT2D eigenvalue weighted by atomic mass is 35.5. The van der Waals surface area contributed by atoms with E-state index in [1.54, 1.807) is 13.2 Å². The van der Waals surface area contributed by atoms with Crippen molar-refractivity contribution in [1.82, 2.24) is 14.5 Å². The fraction of sp³-hybridized carbons (Fsp3) is 0.429. The fourth-order valence-corrected chi connectivity index (χ4v) is 5.64. The molecule has 1 saturated heterocycles. The zero-order valence-corrected chi connectivity index (χ0v) is 23.2. The molecule has 1 aromatic heterocycles. The van der Waals surface area contributed by atoms with Gasteiger partial charge in [0.1, 0.15) is 5.82 Å². The van der Waals surface area contributed by atoms with Gasteiger partial charge < -0.3 is 19.1 Å². The number of carbonyl (C=O) groups is 1. The molecule has 5 rings (SSSR count). The molecule has 1 fully saturated rings. The standard InChI is InChI=1S/C28H31Cl2N3O4/c1-16(2)37-24-14-22-17(12-23(24)35-5)6-7-21-25(27(34)32-8-9-36-15-28(32,3)4)31-26(33(21)22)18-10-19(29)13-20(30)11-18/h10-14,16H,6-9,15H2,1-5H3. The summed E-state index contributed by atoms with van der Waals surface area (Å²) in [6, 6.07) is 9.30. The van der Waals surface area contributed by atoms with Crippen molar-refractivity contribution in [3.05, 3.63) is 57.3 Å². The highest BCUT2D eigenvalue weighted by molar-refractivity contribution is 6.35. The Morgan fingerprint density at radius 3 is 2.46 bits per heavy atom. The molecule has 0 aliphatic carbocycles. The second-order valence-corrected chi connectivity index (χ2v) is 11.2. The average molecular weight is 544 g/mol. The van der Waals surface area contributed by atoms with Crippen LogP contribution >= 0.6 is 23.2 Å². The van der Waals surface area contributed by atoms with Crippen molar-refractivity contribution in [2.24, 2.45) is 0 Å². The molecule has 0 atom stereocenters. The number of hydrogen-bond acceptors (Lipinski definition) is 5. The van der Waals surface area contributed by atoms with Crippen LogP contribution in [0.4, 0.5) is 0 Å². The first-order valence-electron chi connectivity index (χ1n) is 12.4. The van der Waals surface area contributed by atoms with Crippen LogP contribution in [-0.4, -0.2) is 58.9 Å². The number of hydrogen-bond donors (Lipinski definition) is 0. The van der Waals surface area contributed by atoms with Crippen molar-refractivity contribution in [3.8, 4) is 28.6 Å². The summed E-state index contributed by atoms with van der Waals surface area (Å²) in [5.41, 5.74) is 3.56. The number of halogens is 2. The molecule has 3 heterocycles. The monoisotopic (exact) mass is 543 g/mol. The summed E-state index contributed by atoms with van der Waals surface area (Å²) in [6.45, 7) is 9.47. The Morgan fingerprint density at radius 2 is 1.81 bits per heavy atom. The largest absolute Gasteiger partial charge is 0.493 e. The summed E-state index contributed by atoms with van der Waals surface area (Å²) in [5.74, 6) is 1.81. The molecule has 0 bridgehead atoms. The number of aromatic nitrogens is 2. The van der Waals surface area contributed by atoms with Gasteiger partial charge in [0.25, 0.3) is 5.91 Å². The van der Waals surface area contributed by atoms with Crippen LogP contribution in [0.5, 0.6) is 11.5 Å². The van der Waals surface area contributed by atoms with E-state index >= 15 is 0 Å². The first kappa shape index (κ1) is 25.9. The van der Waals surface area contributed by atoms with Crippen molar-refractivity contribution in [2.75, 3.05) is 26.9 Å². The number of ether oxygens (including phenoxy) is 3. The van der Waals surface area contributed by atoms with Crippen LogP contribution in [0, 0.1) is 0 Å². The smallest absolute Gasteiger partial charge is 0.274 e. The number of amides is 1. The van der Waals surface area contributed by atoms with E-state index in [0.717, 1.165) is 28.9 Å². The first-order valence-corrected chi connectivity index (χ1v) is 13.2. The Hall–Kier alpha value is -2.74. The van der Waals surface area contributed by atoms with Crippen LogP contribution in [0.3, 0.4) is 0 Å². The van der Waals surface area contributed by atoms with Crippen LogP contribution in [0.15, 0.2) is 30.3 Å². The number of aryl methyl sites for hydroxylation is 1. The van der Waals surface area contributed by atoms with Gasteiger partial charge in [0.15, 0.2) is 17.2 Å². The molecule has 0 radical (unpaired) electrons. The molecule has 1 amide bonds. The number of rotatable bonds is 5. The third-order valence-electron chi connectivity index (χ3n) is 6.79. The van der Waals surface area contributed by atoms with Crippen LogP contribution < -0.4 is 9.47 Å². The molecule has 3 aromatic rings. The van der Waals surface area contributed by atoms with E-state index in [4.69, 9.17) is 42.4 Å². The van der Waals surface area contributed by atoms with Gasteiger partial charge in [-0.15, -0.1) is 0 Å². The summed E-state index contributed by atoms with van der Waals surface area (Å²) >= 11 is 12.8. The predicted molar refractivity (Wildman–Crippen MR) is 145 cm³/mol. The number of methoxy groups -OCH3 is 1. The van der Waals surface area contributed by atoms with E-state index in [1.807, 2.05) is 61.4 Å². The highest BCUT2D eigenvalue weighted by Gasteiger charge is 2.38. The van der Waals surface area contributed by atoms with Crippen LogP contribution in [0.2, 0.25) is 10.0 Å². The van der Waals surface area contributed by atoms with Gasteiger partial charge in [0.05, 0.1) is 43.3 Å². The molecule has 37 heavy (non-hydrogen) atoms. The Labute approximate surface area is 227 Å². The molecular formula is C28H31Cl2N3O4. The summed E-state index contributed by atoms with van der Waals surface area (Å²) in [6.07, 6.45) is 1.35. The van der Waals surface area contributed by atoms with Gasteiger partial charge in [-0.25, -0.2) is 4.98 Å². The molecule has 2 aromatic carbocycles. The molecule has 0 N–H and O–H groups in total. The zero-order chi connectivity index (χ0) is 26.5. The van der Waals surface area contributed by atoms with E-state index in [9.17, 15) is 4.79 Å². The maximum atomic E-state index is 14.0. The van der Waals surface area contributed by atoms with Gasteiger partial charge in [0, 0.05) is 28.2 Å². The van der Waals surface area contributed by atoms with Gasteiger partial charge in [0.2, 0.25) is 0 Å². The van der Waals surface area contributed by atoms with Crippen LogP contribution in [0.25, 0.3) is 17.1 Å². The molecule has 196 valence electrons. The number of fused-ring (bicyclic) bond motifs is 3. The summed E-state index contributed by atoms with van der Waals surface area (Å²) in [5, 5.41) is 0.994.